The number of halogens is 1. The van der Waals surface area contributed by atoms with Crippen molar-refractivity contribution >= 4 is 11.9 Å². The van der Waals surface area contributed by atoms with Gasteiger partial charge in [0.25, 0.3) is 0 Å². The molecule has 142 valence electrons. The number of hydrogen-bond donors (Lipinski definition) is 1. The van der Waals surface area contributed by atoms with Crippen LogP contribution in [0, 0.1) is 5.82 Å². The Morgan fingerprint density at radius 1 is 1.00 bits per heavy atom. The molecule has 2 fully saturated rings. The monoisotopic (exact) mass is 361 g/mol. The highest BCUT2D eigenvalue weighted by atomic mass is 19.1. The van der Waals surface area contributed by atoms with Gasteiger partial charge < -0.3 is 15.1 Å². The maximum Gasteiger partial charge on any atom is 0.317 e. The average molecular weight is 361 g/mol. The minimum atomic E-state index is -0.258. The summed E-state index contributed by atoms with van der Waals surface area (Å²) in [4.78, 5) is 28.5. The molecule has 1 saturated heterocycles. The second kappa shape index (κ2) is 9.01. The molecule has 2 aliphatic rings. The van der Waals surface area contributed by atoms with Crippen LogP contribution in [0.2, 0.25) is 0 Å². The van der Waals surface area contributed by atoms with Crippen LogP contribution in [0.15, 0.2) is 24.3 Å². The van der Waals surface area contributed by atoms with Gasteiger partial charge in [-0.15, -0.1) is 0 Å². The number of benzene rings is 1. The molecule has 0 atom stereocenters. The summed E-state index contributed by atoms with van der Waals surface area (Å²) in [5, 5.41) is 3.12. The summed E-state index contributed by atoms with van der Waals surface area (Å²) in [6.45, 7) is 2.44. The van der Waals surface area contributed by atoms with Gasteiger partial charge in [-0.3, -0.25) is 4.79 Å². The Bertz CT molecular complexity index is 631. The van der Waals surface area contributed by atoms with E-state index in [4.69, 9.17) is 0 Å². The van der Waals surface area contributed by atoms with Gasteiger partial charge in [-0.05, 0) is 37.3 Å². The molecule has 26 heavy (non-hydrogen) atoms. The van der Waals surface area contributed by atoms with E-state index >= 15 is 0 Å². The van der Waals surface area contributed by atoms with Gasteiger partial charge in [0.05, 0.1) is 0 Å². The minimum Gasteiger partial charge on any atom is -0.341 e. The Balaban J connectivity index is 1.46. The molecule has 0 aromatic heterocycles. The first-order valence-corrected chi connectivity index (χ1v) is 9.70. The second-order valence-corrected chi connectivity index (χ2v) is 7.24. The normalized spacial score (nSPS) is 18.7. The van der Waals surface area contributed by atoms with E-state index in [0.29, 0.717) is 50.6 Å². The third-order valence-corrected chi connectivity index (χ3v) is 5.38. The van der Waals surface area contributed by atoms with Gasteiger partial charge in [-0.25, -0.2) is 9.18 Å². The van der Waals surface area contributed by atoms with Crippen LogP contribution in [0.25, 0.3) is 0 Å². The van der Waals surface area contributed by atoms with Crippen molar-refractivity contribution in [2.24, 2.45) is 0 Å². The highest BCUT2D eigenvalue weighted by Crippen LogP contribution is 2.18. The zero-order valence-corrected chi connectivity index (χ0v) is 15.3. The molecule has 1 aromatic rings. The van der Waals surface area contributed by atoms with E-state index in [2.05, 4.69) is 5.32 Å². The minimum absolute atomic E-state index is 0.00226. The lowest BCUT2D eigenvalue weighted by atomic mass is 10.1. The van der Waals surface area contributed by atoms with Crippen molar-refractivity contribution in [2.75, 3.05) is 26.2 Å². The first kappa shape index (κ1) is 18.7. The zero-order chi connectivity index (χ0) is 18.4. The molecular formula is C20H28FN3O2. The van der Waals surface area contributed by atoms with Crippen LogP contribution in [0.3, 0.4) is 0 Å². The number of hydrogen-bond acceptors (Lipinski definition) is 2. The molecule has 0 spiro atoms. The van der Waals surface area contributed by atoms with Gasteiger partial charge in [0, 0.05) is 38.6 Å². The fourth-order valence-electron chi connectivity index (χ4n) is 3.81. The van der Waals surface area contributed by atoms with Crippen molar-refractivity contribution in [2.45, 2.75) is 51.0 Å². The standard InChI is InChI=1S/C20H28FN3O2/c21-18-9-4-1-6-16(18)10-11-19(25)23-12-5-13-24(15-14-23)20(26)22-17-7-2-3-8-17/h1,4,6,9,17H,2-3,5,7-8,10-15H2,(H,22,26). The summed E-state index contributed by atoms with van der Waals surface area (Å²) >= 11 is 0. The van der Waals surface area contributed by atoms with E-state index in [1.54, 1.807) is 18.2 Å². The van der Waals surface area contributed by atoms with Crippen molar-refractivity contribution in [3.8, 4) is 0 Å². The lowest BCUT2D eigenvalue weighted by molar-refractivity contribution is -0.131. The lowest BCUT2D eigenvalue weighted by Crippen LogP contribution is -2.45. The lowest BCUT2D eigenvalue weighted by Gasteiger charge is -2.24. The van der Waals surface area contributed by atoms with E-state index in [1.165, 1.54) is 18.9 Å². The van der Waals surface area contributed by atoms with Crippen LogP contribution in [0.5, 0.6) is 0 Å². The second-order valence-electron chi connectivity index (χ2n) is 7.24. The molecule has 1 aliphatic heterocycles. The van der Waals surface area contributed by atoms with E-state index in [-0.39, 0.29) is 17.8 Å². The number of rotatable bonds is 4. The van der Waals surface area contributed by atoms with Gasteiger partial charge in [0.2, 0.25) is 5.91 Å². The number of aryl methyl sites for hydroxylation is 1. The van der Waals surface area contributed by atoms with Crippen molar-refractivity contribution in [1.82, 2.24) is 15.1 Å². The van der Waals surface area contributed by atoms with Crippen molar-refractivity contribution in [1.29, 1.82) is 0 Å². The smallest absolute Gasteiger partial charge is 0.317 e. The van der Waals surface area contributed by atoms with Crippen LogP contribution in [-0.2, 0) is 11.2 Å². The first-order valence-electron chi connectivity index (χ1n) is 9.70. The van der Waals surface area contributed by atoms with E-state index < -0.39 is 0 Å². The summed E-state index contributed by atoms with van der Waals surface area (Å²) in [6, 6.07) is 6.89. The molecule has 1 aliphatic carbocycles. The van der Waals surface area contributed by atoms with Crippen LogP contribution >= 0.6 is 0 Å². The number of carbonyl (C=O) groups is 2. The zero-order valence-electron chi connectivity index (χ0n) is 15.3. The fraction of sp³-hybridized carbons (Fsp3) is 0.600. The van der Waals surface area contributed by atoms with Crippen LogP contribution in [0.1, 0.15) is 44.1 Å². The highest BCUT2D eigenvalue weighted by Gasteiger charge is 2.24. The van der Waals surface area contributed by atoms with Crippen molar-refractivity contribution < 1.29 is 14.0 Å². The molecule has 1 N–H and O–H groups in total. The molecule has 5 nitrogen and oxygen atoms in total. The Hall–Kier alpha value is -2.11. The van der Waals surface area contributed by atoms with Crippen molar-refractivity contribution in [3.63, 3.8) is 0 Å². The number of nitrogens with one attached hydrogen (secondary N) is 1. The van der Waals surface area contributed by atoms with E-state index in [0.717, 1.165) is 19.3 Å². The Labute approximate surface area is 154 Å². The van der Waals surface area contributed by atoms with Gasteiger partial charge in [0.15, 0.2) is 0 Å². The summed E-state index contributed by atoms with van der Waals surface area (Å²) in [5.74, 6) is -0.225. The van der Waals surface area contributed by atoms with Gasteiger partial charge >= 0.3 is 6.03 Å². The summed E-state index contributed by atoms with van der Waals surface area (Å²) in [7, 11) is 0. The van der Waals surface area contributed by atoms with Gasteiger partial charge in [-0.1, -0.05) is 31.0 Å². The Kier molecular flexibility index (Phi) is 6.47. The summed E-state index contributed by atoms with van der Waals surface area (Å²) in [5.41, 5.74) is 0.577. The molecule has 0 bridgehead atoms. The SMILES string of the molecule is O=C(CCc1ccccc1F)N1CCCN(C(=O)NC2CCCC2)CC1. The van der Waals surface area contributed by atoms with Crippen LogP contribution in [-0.4, -0.2) is 54.0 Å². The average Bonchev–Trinajstić information content (AvgIpc) is 3.02. The molecule has 1 saturated carbocycles. The topological polar surface area (TPSA) is 52.7 Å². The first-order chi connectivity index (χ1) is 12.6. The molecular weight excluding hydrogens is 333 g/mol. The van der Waals surface area contributed by atoms with Gasteiger partial charge in [0.1, 0.15) is 5.82 Å². The molecule has 6 heteroatoms. The molecule has 1 aromatic carbocycles. The molecule has 1 heterocycles. The quantitative estimate of drug-likeness (QED) is 0.896. The summed E-state index contributed by atoms with van der Waals surface area (Å²) in [6.07, 6.45) is 6.01. The molecule has 0 unspecified atom stereocenters. The van der Waals surface area contributed by atoms with Gasteiger partial charge in [-0.2, -0.15) is 0 Å². The number of carbonyl (C=O) groups excluding carboxylic acids is 2. The van der Waals surface area contributed by atoms with Crippen LogP contribution < -0.4 is 5.32 Å². The summed E-state index contributed by atoms with van der Waals surface area (Å²) < 4.78 is 13.7. The van der Waals surface area contributed by atoms with E-state index in [9.17, 15) is 14.0 Å². The highest BCUT2D eigenvalue weighted by molar-refractivity contribution is 5.77. The van der Waals surface area contributed by atoms with Crippen LogP contribution in [0.4, 0.5) is 9.18 Å². The third-order valence-electron chi connectivity index (χ3n) is 5.38. The largest absolute Gasteiger partial charge is 0.341 e. The Morgan fingerprint density at radius 3 is 2.46 bits per heavy atom. The van der Waals surface area contributed by atoms with E-state index in [1.807, 2.05) is 9.80 Å². The molecule has 3 rings (SSSR count). The molecule has 0 radical (unpaired) electrons. The third kappa shape index (κ3) is 4.96. The number of nitrogens with zero attached hydrogens (tertiary/aromatic N) is 2. The van der Waals surface area contributed by atoms with Crippen molar-refractivity contribution in [3.05, 3.63) is 35.6 Å². The predicted molar refractivity (Wildman–Crippen MR) is 98.3 cm³/mol. The maximum atomic E-state index is 13.7. The Morgan fingerprint density at radius 2 is 1.69 bits per heavy atom. The fourth-order valence-corrected chi connectivity index (χ4v) is 3.81. The predicted octanol–water partition coefficient (Wildman–Crippen LogP) is 2.94. The number of urea groups is 1. The number of amides is 3. The maximum absolute atomic E-state index is 13.7. The molecule has 3 amide bonds.